The van der Waals surface area contributed by atoms with Crippen molar-refractivity contribution < 1.29 is 24.4 Å². The molecule has 3 N–H and O–H groups in total. The summed E-state index contributed by atoms with van der Waals surface area (Å²) < 4.78 is 13.6. The molecule has 1 aromatic carbocycles. The van der Waals surface area contributed by atoms with Crippen LogP contribution in [0.15, 0.2) is 33.9 Å². The van der Waals surface area contributed by atoms with Crippen molar-refractivity contribution >= 4 is 0 Å². The first-order valence-corrected chi connectivity index (χ1v) is 11.1. The van der Waals surface area contributed by atoms with E-state index in [1.165, 1.54) is 0 Å². The highest BCUT2D eigenvalue weighted by molar-refractivity contribution is 5.42. The number of methoxy groups -OCH3 is 1. The molecule has 1 saturated heterocycles. The second-order valence-corrected chi connectivity index (χ2v) is 8.30. The number of aromatic amines is 2. The normalized spacial score (nSPS) is 15.4. The van der Waals surface area contributed by atoms with Crippen LogP contribution in [-0.2, 0) is 11.3 Å². The molecule has 2 aromatic heterocycles. The number of nitrogens with one attached hydrogen (secondary N) is 2. The van der Waals surface area contributed by atoms with Gasteiger partial charge in [-0.25, -0.2) is 9.36 Å². The molecule has 0 amide bonds. The Labute approximate surface area is 195 Å². The van der Waals surface area contributed by atoms with Crippen molar-refractivity contribution in [3.05, 3.63) is 73.4 Å². The van der Waals surface area contributed by atoms with E-state index in [0.717, 1.165) is 23.5 Å². The highest BCUT2D eigenvalue weighted by Gasteiger charge is 2.37. The van der Waals surface area contributed by atoms with Gasteiger partial charge >= 0.3 is 11.5 Å². The Balaban J connectivity index is 1.88. The number of hydrogen-bond donors (Lipinski definition) is 3. The number of aromatic nitrogens is 4. The van der Waals surface area contributed by atoms with Crippen LogP contribution in [0.4, 0.5) is 0 Å². The second kappa shape index (κ2) is 9.74. The summed E-state index contributed by atoms with van der Waals surface area (Å²) in [6, 6.07) is 6.90. The topological polar surface area (TPSA) is 140 Å². The molecule has 11 nitrogen and oxygen atoms in total. The Morgan fingerprint density at radius 3 is 2.47 bits per heavy atom. The van der Waals surface area contributed by atoms with Gasteiger partial charge in [0.05, 0.1) is 20.3 Å². The lowest BCUT2D eigenvalue weighted by atomic mass is 9.91. The van der Waals surface area contributed by atoms with Gasteiger partial charge in [0.15, 0.2) is 5.69 Å². The Morgan fingerprint density at radius 2 is 1.85 bits per heavy atom. The maximum Gasteiger partial charge on any atom is 0.325 e. The minimum absolute atomic E-state index is 0.183. The summed E-state index contributed by atoms with van der Waals surface area (Å²) in [7, 11) is 1.54. The van der Waals surface area contributed by atoms with Gasteiger partial charge in [0.2, 0.25) is 0 Å². The largest absolute Gasteiger partial charge is 0.860 e. The maximum atomic E-state index is 12.9. The standard InChI is InChI=1S/C23H29N5O6/c1-14-15(2)28(32)22(27(14)9-8-26-10-12-34-13-11-26)18(16-4-6-17(33-3)7-5-16)19-20(29)24-23(31)25-21(19)30/h4-7,18H,8-13H2,1-3H3,(H3-,24,25,29,30,31,32). The first-order valence-electron chi connectivity index (χ1n) is 11.1. The zero-order valence-corrected chi connectivity index (χ0v) is 19.5. The highest BCUT2D eigenvalue weighted by Crippen LogP contribution is 2.33. The molecule has 3 heterocycles. The van der Waals surface area contributed by atoms with Crippen LogP contribution in [0.5, 0.6) is 11.6 Å². The molecular formula is C23H29N5O6. The average Bonchev–Trinajstić information content (AvgIpc) is 3.04. The summed E-state index contributed by atoms with van der Waals surface area (Å²) in [5.74, 6) is -0.790. The maximum absolute atomic E-state index is 12.9. The van der Waals surface area contributed by atoms with Gasteiger partial charge in [-0.05, 0) is 28.3 Å². The van der Waals surface area contributed by atoms with Crippen molar-refractivity contribution in [3.8, 4) is 11.6 Å². The summed E-state index contributed by atoms with van der Waals surface area (Å²) in [6.07, 6.45) is 0. The van der Waals surface area contributed by atoms with Crippen LogP contribution in [0, 0.1) is 13.8 Å². The van der Waals surface area contributed by atoms with Gasteiger partial charge in [-0.15, -0.1) is 0 Å². The number of benzene rings is 1. The van der Waals surface area contributed by atoms with Crippen molar-refractivity contribution in [2.45, 2.75) is 26.3 Å². The number of morpholine rings is 1. The lowest BCUT2D eigenvalue weighted by molar-refractivity contribution is -0.710. The van der Waals surface area contributed by atoms with E-state index in [-0.39, 0.29) is 5.56 Å². The van der Waals surface area contributed by atoms with Gasteiger partial charge in [0.25, 0.3) is 5.56 Å². The van der Waals surface area contributed by atoms with E-state index in [9.17, 15) is 19.9 Å². The molecule has 0 aliphatic carbocycles. The zero-order valence-electron chi connectivity index (χ0n) is 19.5. The predicted molar refractivity (Wildman–Crippen MR) is 120 cm³/mol. The van der Waals surface area contributed by atoms with E-state index in [0.29, 0.717) is 49.1 Å². The van der Waals surface area contributed by atoms with Crippen molar-refractivity contribution in [1.29, 1.82) is 0 Å². The van der Waals surface area contributed by atoms with Crippen LogP contribution in [0.1, 0.15) is 34.3 Å². The fourth-order valence-corrected chi connectivity index (χ4v) is 4.41. The first-order chi connectivity index (χ1) is 16.3. The van der Waals surface area contributed by atoms with Crippen LogP contribution in [0.2, 0.25) is 0 Å². The molecule has 1 fully saturated rings. The van der Waals surface area contributed by atoms with E-state index in [4.69, 9.17) is 9.47 Å². The van der Waals surface area contributed by atoms with Gasteiger partial charge in [0.1, 0.15) is 23.9 Å². The lowest BCUT2D eigenvalue weighted by Crippen LogP contribution is -2.48. The third-order valence-corrected chi connectivity index (χ3v) is 6.42. The number of imidazole rings is 1. The molecule has 1 unspecified atom stereocenters. The Bertz CT molecular complexity index is 1270. The van der Waals surface area contributed by atoms with Crippen LogP contribution in [-0.4, -0.2) is 64.8 Å². The van der Waals surface area contributed by atoms with Crippen molar-refractivity contribution in [2.24, 2.45) is 0 Å². The van der Waals surface area contributed by atoms with Crippen molar-refractivity contribution in [3.63, 3.8) is 0 Å². The quantitative estimate of drug-likeness (QED) is 0.315. The van der Waals surface area contributed by atoms with Crippen LogP contribution >= 0.6 is 0 Å². The number of nitrogens with zero attached hydrogens (tertiary/aromatic N) is 3. The van der Waals surface area contributed by atoms with E-state index >= 15 is 0 Å². The Kier molecular flexibility index (Phi) is 6.75. The first kappa shape index (κ1) is 23.6. The van der Waals surface area contributed by atoms with Crippen LogP contribution in [0.25, 0.3) is 0 Å². The van der Waals surface area contributed by atoms with Gasteiger partial charge in [-0.3, -0.25) is 14.7 Å². The fraction of sp³-hybridized carbons (Fsp3) is 0.435. The number of rotatable bonds is 7. The molecule has 3 aromatic rings. The molecular weight excluding hydrogens is 442 g/mol. The van der Waals surface area contributed by atoms with Gasteiger partial charge in [-0.2, -0.15) is 0 Å². The van der Waals surface area contributed by atoms with Crippen LogP contribution in [0.3, 0.4) is 0 Å². The fourth-order valence-electron chi connectivity index (χ4n) is 4.41. The Hall–Kier alpha value is -3.57. The monoisotopic (exact) mass is 471 g/mol. The summed E-state index contributed by atoms with van der Waals surface area (Å²) in [4.78, 5) is 31.1. The molecule has 0 radical (unpaired) electrons. The Morgan fingerprint density at radius 1 is 1.18 bits per heavy atom. The zero-order chi connectivity index (χ0) is 24.4. The molecule has 11 heteroatoms. The molecule has 1 aliphatic heterocycles. The van der Waals surface area contributed by atoms with Gasteiger partial charge in [-0.1, -0.05) is 12.1 Å². The smallest absolute Gasteiger partial charge is 0.325 e. The number of H-pyrrole nitrogens is 2. The van der Waals surface area contributed by atoms with Crippen molar-refractivity contribution in [1.82, 2.24) is 19.6 Å². The molecule has 34 heavy (non-hydrogen) atoms. The SMILES string of the molecule is COc1ccc(C(c2c([O-])[nH]c(=O)[nH]c2=O)c2n(O)c(C)c(C)[n+]2CCN2CCOCC2)cc1. The molecule has 4 rings (SSSR count). The van der Waals surface area contributed by atoms with E-state index in [1.54, 1.807) is 38.3 Å². The lowest BCUT2D eigenvalue weighted by Gasteiger charge is -2.26. The summed E-state index contributed by atoms with van der Waals surface area (Å²) in [6.45, 7) is 7.81. The summed E-state index contributed by atoms with van der Waals surface area (Å²) in [5.41, 5.74) is 0.118. The van der Waals surface area contributed by atoms with Crippen molar-refractivity contribution in [2.75, 3.05) is 40.0 Å². The van der Waals surface area contributed by atoms with Gasteiger partial charge < -0.3 is 24.8 Å². The predicted octanol–water partition coefficient (Wildman–Crippen LogP) is -0.399. The number of ether oxygens (including phenoxy) is 2. The third-order valence-electron chi connectivity index (χ3n) is 6.42. The molecule has 0 bridgehead atoms. The van der Waals surface area contributed by atoms with E-state index < -0.39 is 23.0 Å². The van der Waals surface area contributed by atoms with Crippen LogP contribution < -0.4 is 25.7 Å². The third kappa shape index (κ3) is 4.44. The summed E-state index contributed by atoms with van der Waals surface area (Å²) >= 11 is 0. The molecule has 0 spiro atoms. The molecule has 0 saturated carbocycles. The van der Waals surface area contributed by atoms with Gasteiger partial charge in [0, 0.05) is 39.0 Å². The molecule has 1 atom stereocenters. The summed E-state index contributed by atoms with van der Waals surface area (Å²) in [5, 5.41) is 24.0. The number of hydrogen-bond acceptors (Lipinski definition) is 7. The minimum atomic E-state index is -0.943. The van der Waals surface area contributed by atoms with E-state index in [1.807, 2.05) is 11.5 Å². The molecule has 1 aliphatic rings. The minimum Gasteiger partial charge on any atom is -0.860 e. The average molecular weight is 472 g/mol. The van der Waals surface area contributed by atoms with E-state index in [2.05, 4.69) is 14.9 Å². The second-order valence-electron chi connectivity index (χ2n) is 8.30. The highest BCUT2D eigenvalue weighted by atomic mass is 16.5. The molecule has 182 valence electrons.